The molecule has 0 aliphatic carbocycles. The molecule has 7 nitrogen and oxygen atoms in total. The van der Waals surface area contributed by atoms with E-state index in [4.69, 9.17) is 14.4 Å². The molecule has 0 amide bonds. The van der Waals surface area contributed by atoms with Crippen LogP contribution < -0.4 is 5.19 Å². The van der Waals surface area contributed by atoms with Gasteiger partial charge >= 0.3 is 0 Å². The van der Waals surface area contributed by atoms with Crippen LogP contribution >= 0.6 is 0 Å². The average molecular weight is 1040 g/mol. The van der Waals surface area contributed by atoms with Crippen molar-refractivity contribution in [1.82, 2.24) is 24.5 Å². The minimum atomic E-state index is -1.60. The molecule has 0 fully saturated rings. The summed E-state index contributed by atoms with van der Waals surface area (Å²) in [6.07, 6.45) is 5.70. The van der Waals surface area contributed by atoms with Gasteiger partial charge in [0.05, 0.1) is 54.0 Å². The summed E-state index contributed by atoms with van der Waals surface area (Å²) >= 11 is 0. The van der Waals surface area contributed by atoms with E-state index in [-0.39, 0.29) is 26.0 Å². The van der Waals surface area contributed by atoms with Crippen molar-refractivity contribution in [3.8, 4) is 45.5 Å². The van der Waals surface area contributed by atoms with E-state index in [0.29, 0.717) is 11.3 Å². The van der Waals surface area contributed by atoms with Gasteiger partial charge in [-0.3, -0.25) is 9.97 Å². The number of nitriles is 1. The molecule has 5 aromatic heterocycles. The van der Waals surface area contributed by atoms with Gasteiger partial charge in [-0.05, 0) is 74.8 Å². The standard InChI is InChI=1S/C35H25N4O.C21H19N2Si.Ir/c1-20(2)31-24-12-6-4-10-22(24)23-11-5-7-13-25(23)33(31)39-29-19-37-21(3)18-28(29)38-34(39)26-14-8-16-30-32(26)27-15-9-17-36-35(27)40-30;1-24(2,3)21-15-23-20(16-9-5-4-6-10-16)13-19(21)18-12-8-7-11-17(18)14-22;/h4-13,15-20H,1-3H3;4-9,11-13,15H,1-3H3;/q2*-1;. The van der Waals surface area contributed by atoms with Crippen molar-refractivity contribution in [3.63, 3.8) is 0 Å². The Bertz CT molecular complexity index is 3620. The number of fused-ring (bicyclic) bond motifs is 7. The summed E-state index contributed by atoms with van der Waals surface area (Å²) in [4.78, 5) is 19.2. The number of rotatable bonds is 6. The third-order valence-corrected chi connectivity index (χ3v) is 13.9. The average Bonchev–Trinajstić information content (AvgIpc) is 3.89. The Morgan fingerprint density at radius 1 is 0.708 bits per heavy atom. The van der Waals surface area contributed by atoms with Gasteiger partial charge in [0.2, 0.25) is 5.71 Å². The van der Waals surface area contributed by atoms with Gasteiger partial charge in [0.1, 0.15) is 0 Å². The molecule has 11 aromatic rings. The fraction of sp³-hybridized carbons (Fsp3) is 0.125. The van der Waals surface area contributed by atoms with Crippen LogP contribution in [0.25, 0.3) is 94.1 Å². The van der Waals surface area contributed by atoms with Gasteiger partial charge in [-0.25, -0.2) is 4.98 Å². The topological polar surface area (TPSA) is 93.4 Å². The Kier molecular flexibility index (Phi) is 11.6. The van der Waals surface area contributed by atoms with Crippen LogP contribution in [0.4, 0.5) is 0 Å². The molecule has 0 atom stereocenters. The Balaban J connectivity index is 0.000000184. The summed E-state index contributed by atoms with van der Waals surface area (Å²) in [6.45, 7) is 13.4. The first-order chi connectivity index (χ1) is 31.1. The maximum absolute atomic E-state index is 9.50. The van der Waals surface area contributed by atoms with Crippen molar-refractivity contribution < 1.29 is 24.5 Å². The second-order valence-corrected chi connectivity index (χ2v) is 22.5. The molecule has 11 rings (SSSR count). The van der Waals surface area contributed by atoms with E-state index in [1.807, 2.05) is 86.0 Å². The van der Waals surface area contributed by atoms with Crippen LogP contribution in [-0.2, 0) is 20.1 Å². The molecule has 319 valence electrons. The third-order valence-electron chi connectivity index (χ3n) is 11.9. The van der Waals surface area contributed by atoms with Crippen LogP contribution in [0.5, 0.6) is 0 Å². The molecular weight excluding hydrogens is 993 g/mol. The smallest absolute Gasteiger partial charge is 0.215 e. The van der Waals surface area contributed by atoms with E-state index in [1.54, 1.807) is 6.20 Å². The zero-order chi connectivity index (χ0) is 44.1. The van der Waals surface area contributed by atoms with Crippen LogP contribution in [-0.4, -0.2) is 32.6 Å². The minimum absolute atomic E-state index is 0. The minimum Gasteiger partial charge on any atom is -0.458 e. The Labute approximate surface area is 392 Å². The molecule has 0 unspecified atom stereocenters. The van der Waals surface area contributed by atoms with E-state index >= 15 is 0 Å². The molecule has 1 radical (unpaired) electrons. The van der Waals surface area contributed by atoms with Crippen molar-refractivity contribution >= 4 is 67.9 Å². The summed E-state index contributed by atoms with van der Waals surface area (Å²) in [5.41, 5.74) is 12.1. The Morgan fingerprint density at radius 3 is 2.15 bits per heavy atom. The van der Waals surface area contributed by atoms with Crippen LogP contribution in [0.1, 0.15) is 36.6 Å². The Hall–Kier alpha value is -7.08. The van der Waals surface area contributed by atoms with Crippen molar-refractivity contribution in [2.75, 3.05) is 0 Å². The molecule has 0 saturated carbocycles. The molecular formula is C56H44IrN6OSi-2. The van der Waals surface area contributed by atoms with Crippen molar-refractivity contribution in [2.45, 2.75) is 46.3 Å². The van der Waals surface area contributed by atoms with Crippen LogP contribution in [0.15, 0.2) is 156 Å². The number of hydrogen-bond donors (Lipinski definition) is 0. The number of aromatic nitrogens is 5. The number of hydrogen-bond acceptors (Lipinski definition) is 6. The van der Waals surface area contributed by atoms with Crippen molar-refractivity contribution in [2.24, 2.45) is 0 Å². The second kappa shape index (κ2) is 17.5. The van der Waals surface area contributed by atoms with Crippen molar-refractivity contribution in [1.29, 1.82) is 5.26 Å². The molecule has 0 N–H and O–H groups in total. The van der Waals surface area contributed by atoms with Gasteiger partial charge in [0.15, 0.2) is 0 Å². The molecule has 6 aromatic carbocycles. The molecule has 0 spiro atoms. The number of benzene rings is 6. The zero-order valence-electron chi connectivity index (χ0n) is 36.9. The fourth-order valence-corrected chi connectivity index (χ4v) is 10.5. The SMILES string of the molecule is C[Si](C)(C)c1cnc(-c2[c-]cccc2)cc1-c1ccccc1C#N.Cc1cc2nc(-c3[c-]ccc4oc5ncccc5c34)n(-c3c(C(C)C)c4ccccc4c4ccccc34)c2cn1.[Ir]. The molecule has 65 heavy (non-hydrogen) atoms. The number of nitrogens with zero attached hydrogens (tertiary/aromatic N) is 6. The maximum atomic E-state index is 9.50. The molecule has 0 aliphatic heterocycles. The number of imidazole rings is 1. The number of furan rings is 1. The molecule has 0 saturated heterocycles. The predicted molar refractivity (Wildman–Crippen MR) is 264 cm³/mol. The first-order valence-electron chi connectivity index (χ1n) is 21.5. The normalized spacial score (nSPS) is 11.5. The van der Waals surface area contributed by atoms with Crippen LogP contribution in [0, 0.1) is 30.4 Å². The van der Waals surface area contributed by atoms with Crippen LogP contribution in [0.3, 0.4) is 0 Å². The summed E-state index contributed by atoms with van der Waals surface area (Å²) in [5.74, 6) is 1.06. The number of pyridine rings is 3. The monoisotopic (exact) mass is 1040 g/mol. The van der Waals surface area contributed by atoms with Gasteiger partial charge in [0, 0.05) is 49.0 Å². The van der Waals surface area contributed by atoms with E-state index in [2.05, 4.69) is 133 Å². The summed E-state index contributed by atoms with van der Waals surface area (Å²) in [7, 11) is -1.60. The predicted octanol–water partition coefficient (Wildman–Crippen LogP) is 13.6. The molecule has 9 heteroatoms. The van der Waals surface area contributed by atoms with Crippen molar-refractivity contribution in [3.05, 3.63) is 181 Å². The van der Waals surface area contributed by atoms with Gasteiger partial charge in [0.25, 0.3) is 0 Å². The summed E-state index contributed by atoms with van der Waals surface area (Å²) in [6, 6.07) is 54.1. The summed E-state index contributed by atoms with van der Waals surface area (Å²) < 4.78 is 8.46. The van der Waals surface area contributed by atoms with Gasteiger partial charge in [-0.2, -0.15) is 5.26 Å². The van der Waals surface area contributed by atoms with E-state index in [9.17, 15) is 5.26 Å². The van der Waals surface area contributed by atoms with Gasteiger partial charge < -0.3 is 14.0 Å². The maximum Gasteiger partial charge on any atom is 0.215 e. The quantitative estimate of drug-likeness (QED) is 0.0936. The fourth-order valence-electron chi connectivity index (χ4n) is 9.01. The summed E-state index contributed by atoms with van der Waals surface area (Å²) in [5, 5.41) is 17.6. The van der Waals surface area contributed by atoms with E-state index < -0.39 is 8.07 Å². The van der Waals surface area contributed by atoms with Gasteiger partial charge in [-0.15, -0.1) is 48.0 Å². The second-order valence-electron chi connectivity index (χ2n) is 17.4. The van der Waals surface area contributed by atoms with E-state index in [1.165, 1.54) is 32.3 Å². The van der Waals surface area contributed by atoms with Crippen LogP contribution in [0.2, 0.25) is 19.6 Å². The first-order valence-corrected chi connectivity index (χ1v) is 25.0. The third kappa shape index (κ3) is 7.74. The number of aryl methyl sites for hydroxylation is 1. The molecule has 0 aliphatic rings. The molecule has 5 heterocycles. The first kappa shape index (κ1) is 43.2. The van der Waals surface area contributed by atoms with Gasteiger partial charge in [-0.1, -0.05) is 129 Å². The largest absolute Gasteiger partial charge is 0.458 e. The Morgan fingerprint density at radius 2 is 1.42 bits per heavy atom. The van der Waals surface area contributed by atoms with E-state index in [0.717, 1.165) is 72.5 Å². The molecule has 0 bridgehead atoms. The zero-order valence-corrected chi connectivity index (χ0v) is 40.3.